The molecular formula is C16H17N3OS. The van der Waals surface area contributed by atoms with Crippen molar-refractivity contribution in [3.8, 4) is 11.5 Å². The molecular weight excluding hydrogens is 282 g/mol. The normalized spacial score (nSPS) is 12.3. The van der Waals surface area contributed by atoms with Crippen LogP contribution in [0.4, 0.5) is 5.69 Å². The van der Waals surface area contributed by atoms with Crippen LogP contribution >= 0.6 is 11.3 Å². The van der Waals surface area contributed by atoms with Gasteiger partial charge in [-0.1, -0.05) is 0 Å². The van der Waals surface area contributed by atoms with Crippen molar-refractivity contribution in [1.29, 1.82) is 0 Å². The second-order valence-electron chi connectivity index (χ2n) is 5.09. The molecule has 1 aromatic carbocycles. The van der Waals surface area contributed by atoms with Gasteiger partial charge in [0.05, 0.1) is 6.04 Å². The van der Waals surface area contributed by atoms with Crippen molar-refractivity contribution in [3.05, 3.63) is 52.0 Å². The van der Waals surface area contributed by atoms with Gasteiger partial charge in [-0.25, -0.2) is 0 Å². The molecule has 0 saturated heterocycles. The van der Waals surface area contributed by atoms with Crippen LogP contribution in [0.1, 0.15) is 28.3 Å². The lowest BCUT2D eigenvalue weighted by atomic mass is 10.1. The molecule has 0 bridgehead atoms. The fourth-order valence-corrected chi connectivity index (χ4v) is 3.13. The fourth-order valence-electron chi connectivity index (χ4n) is 2.25. The lowest BCUT2D eigenvalue weighted by Crippen LogP contribution is -2.06. The Kier molecular flexibility index (Phi) is 3.75. The molecule has 0 spiro atoms. The smallest absolute Gasteiger partial charge is 0.247 e. The molecule has 21 heavy (non-hydrogen) atoms. The molecule has 4 nitrogen and oxygen atoms in total. The number of rotatable bonds is 4. The van der Waals surface area contributed by atoms with Gasteiger partial charge >= 0.3 is 0 Å². The van der Waals surface area contributed by atoms with Gasteiger partial charge in [0.25, 0.3) is 0 Å². The van der Waals surface area contributed by atoms with Crippen LogP contribution in [-0.4, -0.2) is 10.2 Å². The lowest BCUT2D eigenvalue weighted by molar-refractivity contribution is 0.568. The topological polar surface area (TPSA) is 51.0 Å². The molecule has 1 N–H and O–H groups in total. The molecule has 3 aromatic rings. The van der Waals surface area contributed by atoms with Crippen LogP contribution in [0.3, 0.4) is 0 Å². The summed E-state index contributed by atoms with van der Waals surface area (Å²) in [6.45, 7) is 6.39. The second-order valence-corrected chi connectivity index (χ2v) is 6.41. The van der Waals surface area contributed by atoms with Crippen molar-refractivity contribution in [3.63, 3.8) is 0 Å². The molecule has 0 amide bonds. The van der Waals surface area contributed by atoms with Crippen molar-refractivity contribution < 1.29 is 4.42 Å². The van der Waals surface area contributed by atoms with Gasteiger partial charge < -0.3 is 9.73 Å². The number of anilines is 1. The van der Waals surface area contributed by atoms with Crippen molar-refractivity contribution >= 4 is 17.0 Å². The maximum atomic E-state index is 5.23. The summed E-state index contributed by atoms with van der Waals surface area (Å²) in [5.41, 5.74) is 3.22. The Morgan fingerprint density at radius 2 is 2.05 bits per heavy atom. The minimum absolute atomic E-state index is 0.289. The van der Waals surface area contributed by atoms with Gasteiger partial charge in [0.15, 0.2) is 0 Å². The molecule has 0 aliphatic heterocycles. The first-order valence-electron chi connectivity index (χ1n) is 6.83. The highest BCUT2D eigenvalue weighted by molar-refractivity contribution is 7.12. The summed E-state index contributed by atoms with van der Waals surface area (Å²) < 4.78 is 5.23. The molecule has 108 valence electrons. The maximum absolute atomic E-state index is 5.23. The molecule has 0 fully saturated rings. The first kappa shape index (κ1) is 13.8. The lowest BCUT2D eigenvalue weighted by Gasteiger charge is -2.16. The summed E-state index contributed by atoms with van der Waals surface area (Å²) in [6.07, 6.45) is 1.35. The van der Waals surface area contributed by atoms with Gasteiger partial charge in [0.1, 0.15) is 0 Å². The van der Waals surface area contributed by atoms with Gasteiger partial charge in [-0.15, -0.1) is 21.5 Å². The predicted molar refractivity (Wildman–Crippen MR) is 85.6 cm³/mol. The first-order chi connectivity index (χ1) is 10.1. The van der Waals surface area contributed by atoms with Crippen LogP contribution in [0.2, 0.25) is 0 Å². The van der Waals surface area contributed by atoms with Crippen LogP contribution in [0.5, 0.6) is 0 Å². The van der Waals surface area contributed by atoms with E-state index in [1.807, 2.05) is 17.4 Å². The number of nitrogens with zero attached hydrogens (tertiary/aromatic N) is 2. The highest BCUT2D eigenvalue weighted by Gasteiger charge is 2.10. The molecule has 2 heterocycles. The molecule has 2 aromatic heterocycles. The summed E-state index contributed by atoms with van der Waals surface area (Å²) in [6, 6.07) is 10.7. The van der Waals surface area contributed by atoms with Crippen LogP contribution < -0.4 is 5.32 Å². The van der Waals surface area contributed by atoms with Crippen molar-refractivity contribution in [2.24, 2.45) is 0 Å². The Balaban J connectivity index is 1.80. The summed E-state index contributed by atoms with van der Waals surface area (Å²) in [5.74, 6) is 0.548. The second kappa shape index (κ2) is 5.69. The van der Waals surface area contributed by atoms with E-state index < -0.39 is 0 Å². The zero-order valence-electron chi connectivity index (χ0n) is 12.3. The van der Waals surface area contributed by atoms with Crippen molar-refractivity contribution in [2.75, 3.05) is 5.32 Å². The minimum atomic E-state index is 0.289. The zero-order valence-corrected chi connectivity index (χ0v) is 13.1. The highest BCUT2D eigenvalue weighted by atomic mass is 32.1. The Bertz CT molecular complexity index is 734. The monoisotopic (exact) mass is 299 g/mol. The summed E-state index contributed by atoms with van der Waals surface area (Å²) in [4.78, 5) is 2.68. The molecule has 3 rings (SSSR count). The van der Waals surface area contributed by atoms with Gasteiger partial charge in [0.2, 0.25) is 12.3 Å². The van der Waals surface area contributed by atoms with E-state index in [4.69, 9.17) is 4.42 Å². The number of nitrogens with one attached hydrogen (secondary N) is 1. The average molecular weight is 299 g/mol. The standard InChI is InChI=1S/C16H17N3OS/c1-10-8-13(16-19-17-9-20-16)5-6-14(10)18-12(3)15-7-4-11(2)21-15/h4-9,12,18H,1-3H3. The van der Waals surface area contributed by atoms with Crippen molar-refractivity contribution in [1.82, 2.24) is 10.2 Å². The number of aryl methyl sites for hydroxylation is 2. The van der Waals surface area contributed by atoms with Crippen LogP contribution in [0.15, 0.2) is 41.1 Å². The van der Waals surface area contributed by atoms with Gasteiger partial charge in [-0.3, -0.25) is 0 Å². The third-order valence-electron chi connectivity index (χ3n) is 3.39. The van der Waals surface area contributed by atoms with E-state index in [-0.39, 0.29) is 6.04 Å². The number of hydrogen-bond acceptors (Lipinski definition) is 5. The van der Waals surface area contributed by atoms with Crippen LogP contribution in [0.25, 0.3) is 11.5 Å². The number of benzene rings is 1. The van der Waals surface area contributed by atoms with Gasteiger partial charge in [-0.05, 0) is 56.7 Å². The molecule has 5 heteroatoms. The molecule has 1 atom stereocenters. The number of hydrogen-bond donors (Lipinski definition) is 1. The maximum Gasteiger partial charge on any atom is 0.247 e. The molecule has 0 saturated carbocycles. The van der Waals surface area contributed by atoms with Crippen LogP contribution in [0, 0.1) is 13.8 Å². The predicted octanol–water partition coefficient (Wildman–Crippen LogP) is 4.59. The Morgan fingerprint density at radius 3 is 2.67 bits per heavy atom. The zero-order chi connectivity index (χ0) is 14.8. The van der Waals surface area contributed by atoms with Crippen LogP contribution in [-0.2, 0) is 0 Å². The minimum Gasteiger partial charge on any atom is -0.423 e. The summed E-state index contributed by atoms with van der Waals surface area (Å²) in [7, 11) is 0. The molecule has 0 aliphatic rings. The quantitative estimate of drug-likeness (QED) is 0.765. The average Bonchev–Trinajstić information content (AvgIpc) is 3.12. The van der Waals surface area contributed by atoms with Crippen molar-refractivity contribution in [2.45, 2.75) is 26.8 Å². The van der Waals surface area contributed by atoms with Gasteiger partial charge in [0, 0.05) is 21.0 Å². The Labute approximate surface area is 127 Å². The Morgan fingerprint density at radius 1 is 1.19 bits per heavy atom. The number of aromatic nitrogens is 2. The SMILES string of the molecule is Cc1ccc(C(C)Nc2ccc(-c3nnco3)cc2C)s1. The number of thiophene rings is 1. The molecule has 1 unspecified atom stereocenters. The summed E-state index contributed by atoms with van der Waals surface area (Å²) in [5, 5.41) is 11.2. The van der Waals surface area contributed by atoms with Gasteiger partial charge in [-0.2, -0.15) is 0 Å². The molecule has 0 radical (unpaired) electrons. The fraction of sp³-hybridized carbons (Fsp3) is 0.250. The van der Waals surface area contributed by atoms with E-state index in [9.17, 15) is 0 Å². The van der Waals surface area contributed by atoms with E-state index in [1.165, 1.54) is 16.1 Å². The van der Waals surface area contributed by atoms with E-state index in [0.29, 0.717) is 5.89 Å². The van der Waals surface area contributed by atoms with E-state index in [2.05, 4.69) is 60.6 Å². The summed E-state index contributed by atoms with van der Waals surface area (Å²) >= 11 is 1.83. The third kappa shape index (κ3) is 2.97. The van der Waals surface area contributed by atoms with E-state index in [1.54, 1.807) is 0 Å². The Hall–Kier alpha value is -2.14. The molecule has 0 aliphatic carbocycles. The van der Waals surface area contributed by atoms with E-state index in [0.717, 1.165) is 16.8 Å². The highest BCUT2D eigenvalue weighted by Crippen LogP contribution is 2.29. The first-order valence-corrected chi connectivity index (χ1v) is 7.65. The third-order valence-corrected chi connectivity index (χ3v) is 4.58. The largest absolute Gasteiger partial charge is 0.423 e. The van der Waals surface area contributed by atoms with E-state index >= 15 is 0 Å².